The molecule has 4 fully saturated rings. The molecule has 0 radical (unpaired) electrons. The molecule has 4 heteroatoms. The number of piperidine rings is 1. The van der Waals surface area contributed by atoms with E-state index in [4.69, 9.17) is 4.74 Å². The van der Waals surface area contributed by atoms with Gasteiger partial charge in [-0.1, -0.05) is 6.92 Å². The molecule has 2 aliphatic heterocycles. The fourth-order valence-corrected chi connectivity index (χ4v) is 4.94. The number of ether oxygens (including phenoxy) is 1. The largest absolute Gasteiger partial charge is 0.462 e. The summed E-state index contributed by atoms with van der Waals surface area (Å²) in [6, 6.07) is 0. The fraction of sp³-hybridized carbons (Fsp3) is 0.867. The number of hydrogen-bond acceptors (Lipinski definition) is 3. The van der Waals surface area contributed by atoms with Crippen LogP contribution in [-0.4, -0.2) is 36.0 Å². The van der Waals surface area contributed by atoms with Crippen LogP contribution >= 0.6 is 0 Å². The Kier molecular flexibility index (Phi) is 2.45. The van der Waals surface area contributed by atoms with E-state index < -0.39 is 0 Å². The number of carbonyl (C=O) groups excluding carboxylic acids is 2. The Morgan fingerprint density at radius 3 is 3.00 bits per heavy atom. The smallest absolute Gasteiger partial charge is 0.310 e. The van der Waals surface area contributed by atoms with Gasteiger partial charge in [-0.15, -0.1) is 0 Å². The van der Waals surface area contributed by atoms with Crippen molar-refractivity contribution >= 4 is 11.9 Å². The number of amides is 1. The Bertz CT molecular complexity index is 433. The second-order valence-corrected chi connectivity index (χ2v) is 6.95. The third-order valence-corrected chi connectivity index (χ3v) is 5.74. The lowest BCUT2D eigenvalue weighted by Crippen LogP contribution is -2.46. The first-order valence-electron chi connectivity index (χ1n) is 7.64. The van der Waals surface area contributed by atoms with E-state index in [2.05, 4.69) is 6.92 Å². The molecule has 4 nitrogen and oxygen atoms in total. The van der Waals surface area contributed by atoms with E-state index in [1.807, 2.05) is 4.90 Å². The normalized spacial score (nSPS) is 47.6. The van der Waals surface area contributed by atoms with Crippen molar-refractivity contribution in [2.24, 2.45) is 29.6 Å². The summed E-state index contributed by atoms with van der Waals surface area (Å²) < 4.78 is 5.42. The van der Waals surface area contributed by atoms with Gasteiger partial charge in [0.1, 0.15) is 6.10 Å². The van der Waals surface area contributed by atoms with Crippen LogP contribution in [0.15, 0.2) is 0 Å². The Hall–Kier alpha value is -1.06. The highest BCUT2D eigenvalue weighted by molar-refractivity contribution is 5.88. The first-order chi connectivity index (χ1) is 9.15. The van der Waals surface area contributed by atoms with Crippen LogP contribution in [0.2, 0.25) is 0 Å². The molecule has 2 aliphatic carbocycles. The molecule has 0 aromatic rings. The van der Waals surface area contributed by atoms with E-state index in [1.165, 1.54) is 6.42 Å². The van der Waals surface area contributed by atoms with E-state index >= 15 is 0 Å². The first kappa shape index (κ1) is 11.7. The number of likely N-dealkylation sites (tertiary alicyclic amines) is 1. The Labute approximate surface area is 113 Å². The van der Waals surface area contributed by atoms with Crippen molar-refractivity contribution < 1.29 is 14.3 Å². The quantitative estimate of drug-likeness (QED) is 0.673. The monoisotopic (exact) mass is 263 g/mol. The van der Waals surface area contributed by atoms with Gasteiger partial charge in [0.15, 0.2) is 0 Å². The highest BCUT2D eigenvalue weighted by Crippen LogP contribution is 2.58. The molecule has 1 amide bonds. The zero-order chi connectivity index (χ0) is 13.1. The molecule has 0 spiro atoms. The summed E-state index contributed by atoms with van der Waals surface area (Å²) >= 11 is 0. The van der Waals surface area contributed by atoms with Gasteiger partial charge in [-0.25, -0.2) is 0 Å². The molecule has 0 N–H and O–H groups in total. The van der Waals surface area contributed by atoms with Crippen molar-refractivity contribution in [1.29, 1.82) is 0 Å². The minimum Gasteiger partial charge on any atom is -0.462 e. The molecule has 2 saturated carbocycles. The molecule has 4 aliphatic rings. The molecule has 2 heterocycles. The van der Waals surface area contributed by atoms with Crippen LogP contribution < -0.4 is 0 Å². The molecular formula is C15H21NO3. The van der Waals surface area contributed by atoms with Gasteiger partial charge in [-0.2, -0.15) is 0 Å². The fourth-order valence-electron chi connectivity index (χ4n) is 4.94. The van der Waals surface area contributed by atoms with Crippen molar-refractivity contribution in [2.75, 3.05) is 13.1 Å². The van der Waals surface area contributed by atoms with Crippen molar-refractivity contribution in [3.05, 3.63) is 0 Å². The summed E-state index contributed by atoms with van der Waals surface area (Å²) in [7, 11) is 0. The summed E-state index contributed by atoms with van der Waals surface area (Å²) in [6.45, 7) is 3.96. The summed E-state index contributed by atoms with van der Waals surface area (Å²) in [4.78, 5) is 26.8. The van der Waals surface area contributed by atoms with Gasteiger partial charge in [0.2, 0.25) is 5.91 Å². The van der Waals surface area contributed by atoms with Crippen LogP contribution in [0, 0.1) is 29.6 Å². The predicted molar refractivity (Wildman–Crippen MR) is 68.1 cm³/mol. The third-order valence-electron chi connectivity index (χ3n) is 5.74. The van der Waals surface area contributed by atoms with Crippen LogP contribution in [0.4, 0.5) is 0 Å². The van der Waals surface area contributed by atoms with E-state index in [0.717, 1.165) is 32.4 Å². The molecule has 0 aromatic heterocycles. The zero-order valence-corrected chi connectivity index (χ0v) is 11.4. The van der Waals surface area contributed by atoms with Crippen LogP contribution in [0.1, 0.15) is 32.6 Å². The molecule has 4 rings (SSSR count). The minimum absolute atomic E-state index is 0.0680. The predicted octanol–water partition coefficient (Wildman–Crippen LogP) is 1.44. The van der Waals surface area contributed by atoms with Crippen molar-refractivity contribution in [3.8, 4) is 0 Å². The van der Waals surface area contributed by atoms with Crippen LogP contribution in [0.3, 0.4) is 0 Å². The molecular weight excluding hydrogens is 242 g/mol. The van der Waals surface area contributed by atoms with Crippen LogP contribution in [0.5, 0.6) is 0 Å². The zero-order valence-electron chi connectivity index (χ0n) is 11.4. The molecule has 2 saturated heterocycles. The van der Waals surface area contributed by atoms with Gasteiger partial charge in [0, 0.05) is 19.0 Å². The number of hydrogen-bond donors (Lipinski definition) is 0. The average Bonchev–Trinajstić information content (AvgIpc) is 2.98. The Morgan fingerprint density at radius 2 is 2.21 bits per heavy atom. The lowest BCUT2D eigenvalue weighted by molar-refractivity contribution is -0.148. The van der Waals surface area contributed by atoms with E-state index in [9.17, 15) is 9.59 Å². The standard InChI is InChI=1S/C15H21NO3/c1-8-3-2-4-16(7-8)14(17)12-9-5-10-11(6-9)19-15(18)13(10)12/h8-13H,2-7H2,1H3/t8?,9-,10+,11-,12+,13-/m1/s1. The molecule has 104 valence electrons. The van der Waals surface area contributed by atoms with Gasteiger partial charge in [0.25, 0.3) is 0 Å². The van der Waals surface area contributed by atoms with Crippen molar-refractivity contribution in [3.63, 3.8) is 0 Å². The molecule has 19 heavy (non-hydrogen) atoms. The summed E-state index contributed by atoms with van der Waals surface area (Å²) in [5, 5.41) is 0. The van der Waals surface area contributed by atoms with E-state index in [-0.39, 0.29) is 29.8 Å². The maximum atomic E-state index is 12.8. The maximum Gasteiger partial charge on any atom is 0.310 e. The van der Waals surface area contributed by atoms with E-state index in [0.29, 0.717) is 17.8 Å². The number of esters is 1. The topological polar surface area (TPSA) is 46.6 Å². The second kappa shape index (κ2) is 3.97. The van der Waals surface area contributed by atoms with Crippen molar-refractivity contribution in [2.45, 2.75) is 38.7 Å². The molecule has 2 bridgehead atoms. The van der Waals surface area contributed by atoms with Gasteiger partial charge in [-0.3, -0.25) is 9.59 Å². The Morgan fingerprint density at radius 1 is 1.37 bits per heavy atom. The lowest BCUT2D eigenvalue weighted by atomic mass is 9.79. The summed E-state index contributed by atoms with van der Waals surface area (Å²) in [5.41, 5.74) is 0. The average molecular weight is 263 g/mol. The number of fused-ring (bicyclic) bond motifs is 1. The van der Waals surface area contributed by atoms with Crippen LogP contribution in [0.25, 0.3) is 0 Å². The van der Waals surface area contributed by atoms with Gasteiger partial charge in [-0.05, 0) is 37.5 Å². The number of rotatable bonds is 1. The Balaban J connectivity index is 1.56. The van der Waals surface area contributed by atoms with Gasteiger partial charge < -0.3 is 9.64 Å². The lowest BCUT2D eigenvalue weighted by Gasteiger charge is -2.35. The molecule has 6 atom stereocenters. The maximum absolute atomic E-state index is 12.8. The first-order valence-corrected chi connectivity index (χ1v) is 7.64. The minimum atomic E-state index is -0.117. The number of nitrogens with zero attached hydrogens (tertiary/aromatic N) is 1. The number of carbonyl (C=O) groups is 2. The highest BCUT2D eigenvalue weighted by atomic mass is 16.6. The summed E-state index contributed by atoms with van der Waals surface area (Å²) in [6.07, 6.45) is 4.40. The SMILES string of the molecule is CC1CCCN(C(=O)[C@H]2[C@@H]3C[C@@H]4[C@H]2C(=O)O[C@@H]4C3)C1. The highest BCUT2D eigenvalue weighted by Gasteiger charge is 2.64. The van der Waals surface area contributed by atoms with Gasteiger partial charge >= 0.3 is 5.97 Å². The molecule has 1 unspecified atom stereocenters. The second-order valence-electron chi connectivity index (χ2n) is 6.95. The van der Waals surface area contributed by atoms with Gasteiger partial charge in [0.05, 0.1) is 11.8 Å². The van der Waals surface area contributed by atoms with Crippen molar-refractivity contribution in [1.82, 2.24) is 4.90 Å². The summed E-state index contributed by atoms with van der Waals surface area (Å²) in [5.74, 6) is 1.29. The van der Waals surface area contributed by atoms with Crippen LogP contribution in [-0.2, 0) is 14.3 Å². The van der Waals surface area contributed by atoms with E-state index in [1.54, 1.807) is 0 Å². The molecule has 0 aromatic carbocycles. The third kappa shape index (κ3) is 1.58.